The molecule has 1 aromatic rings. The summed E-state index contributed by atoms with van der Waals surface area (Å²) in [5.41, 5.74) is 1.40. The third-order valence-electron chi connectivity index (χ3n) is 1.57. The van der Waals surface area contributed by atoms with Crippen LogP contribution in [0.4, 0.5) is 0 Å². The average molecular weight is 226 g/mol. The summed E-state index contributed by atoms with van der Waals surface area (Å²) in [6.45, 7) is 5.86. The van der Waals surface area contributed by atoms with E-state index in [0.717, 1.165) is 5.57 Å². The zero-order chi connectivity index (χ0) is 11.3. The lowest BCUT2D eigenvalue weighted by molar-refractivity contribution is 0.170. The zero-order valence-corrected chi connectivity index (χ0v) is 9.16. The summed E-state index contributed by atoms with van der Waals surface area (Å²) in [5, 5.41) is 13.6. The number of hydrogen-bond donors (Lipinski definition) is 1. The molecule has 15 heavy (non-hydrogen) atoms. The molecule has 0 spiro atoms. The molecule has 0 aromatic heterocycles. The molecule has 0 aliphatic carbocycles. The van der Waals surface area contributed by atoms with Crippen LogP contribution in [-0.4, -0.2) is 17.9 Å². The van der Waals surface area contributed by atoms with Crippen molar-refractivity contribution in [1.29, 1.82) is 0 Å². The maximum atomic E-state index is 9.42. The van der Waals surface area contributed by atoms with Crippen LogP contribution < -0.4 is 0 Å². The van der Waals surface area contributed by atoms with Crippen molar-refractivity contribution >= 4 is 17.8 Å². The fraction of sp³-hybridized carbons (Fsp3) is 0.182. The molecule has 0 saturated carbocycles. The second-order valence-electron chi connectivity index (χ2n) is 3.17. The number of oxime groups is 1. The third-order valence-corrected chi connectivity index (χ3v) is 1.80. The number of aromatic hydroxyl groups is 1. The number of hydrogen-bond acceptors (Lipinski definition) is 3. The van der Waals surface area contributed by atoms with Gasteiger partial charge in [-0.2, -0.15) is 0 Å². The first-order chi connectivity index (χ1) is 7.09. The standard InChI is InChI=1S/C11H12ClNO2/c1-8(2)7-15-13-6-9-5-10(12)3-4-11(9)14/h3-6,14H,1,7H2,2H3. The summed E-state index contributed by atoms with van der Waals surface area (Å²) in [4.78, 5) is 4.91. The lowest BCUT2D eigenvalue weighted by Gasteiger charge is -1.99. The topological polar surface area (TPSA) is 41.8 Å². The van der Waals surface area contributed by atoms with E-state index in [1.807, 2.05) is 6.92 Å². The smallest absolute Gasteiger partial charge is 0.137 e. The van der Waals surface area contributed by atoms with E-state index in [4.69, 9.17) is 16.4 Å². The summed E-state index contributed by atoms with van der Waals surface area (Å²) in [7, 11) is 0. The van der Waals surface area contributed by atoms with E-state index < -0.39 is 0 Å². The van der Waals surface area contributed by atoms with Crippen LogP contribution in [0.3, 0.4) is 0 Å². The first-order valence-electron chi connectivity index (χ1n) is 4.38. The SMILES string of the molecule is C=C(C)CON=Cc1cc(Cl)ccc1O. The van der Waals surface area contributed by atoms with Crippen molar-refractivity contribution < 1.29 is 9.94 Å². The second-order valence-corrected chi connectivity index (χ2v) is 3.60. The van der Waals surface area contributed by atoms with Gasteiger partial charge in [0, 0.05) is 10.6 Å². The van der Waals surface area contributed by atoms with E-state index in [1.165, 1.54) is 12.3 Å². The molecular formula is C11H12ClNO2. The van der Waals surface area contributed by atoms with Gasteiger partial charge in [-0.05, 0) is 30.7 Å². The quantitative estimate of drug-likeness (QED) is 0.486. The maximum Gasteiger partial charge on any atom is 0.137 e. The van der Waals surface area contributed by atoms with Crippen LogP contribution in [0.1, 0.15) is 12.5 Å². The van der Waals surface area contributed by atoms with E-state index >= 15 is 0 Å². The largest absolute Gasteiger partial charge is 0.507 e. The summed E-state index contributed by atoms with van der Waals surface area (Å²) in [6.07, 6.45) is 1.41. The summed E-state index contributed by atoms with van der Waals surface area (Å²) >= 11 is 5.75. The third kappa shape index (κ3) is 4.04. The van der Waals surface area contributed by atoms with E-state index in [0.29, 0.717) is 17.2 Å². The Kier molecular flexibility index (Phi) is 4.18. The van der Waals surface area contributed by atoms with E-state index in [9.17, 15) is 5.11 Å². The fourth-order valence-electron chi connectivity index (χ4n) is 0.870. The Morgan fingerprint density at radius 1 is 1.67 bits per heavy atom. The minimum atomic E-state index is 0.113. The fourth-order valence-corrected chi connectivity index (χ4v) is 1.05. The molecule has 1 rings (SSSR count). The number of benzene rings is 1. The molecule has 0 amide bonds. The van der Waals surface area contributed by atoms with Crippen LogP contribution in [0.25, 0.3) is 0 Å². The van der Waals surface area contributed by atoms with Gasteiger partial charge in [-0.3, -0.25) is 0 Å². The predicted octanol–water partition coefficient (Wildman–Crippen LogP) is 2.97. The van der Waals surface area contributed by atoms with Crippen LogP contribution in [0.5, 0.6) is 5.75 Å². The van der Waals surface area contributed by atoms with Crippen LogP contribution in [0.2, 0.25) is 5.02 Å². The van der Waals surface area contributed by atoms with E-state index in [-0.39, 0.29) is 5.75 Å². The summed E-state index contributed by atoms with van der Waals surface area (Å²) in [6, 6.07) is 4.70. The average Bonchev–Trinajstić information content (AvgIpc) is 2.17. The van der Waals surface area contributed by atoms with Gasteiger partial charge in [0.25, 0.3) is 0 Å². The first kappa shape index (κ1) is 11.6. The zero-order valence-electron chi connectivity index (χ0n) is 8.40. The summed E-state index contributed by atoms with van der Waals surface area (Å²) < 4.78 is 0. The number of phenols is 1. The molecule has 1 aromatic carbocycles. The predicted molar refractivity (Wildman–Crippen MR) is 61.5 cm³/mol. The molecular weight excluding hydrogens is 214 g/mol. The van der Waals surface area contributed by atoms with Crippen LogP contribution in [-0.2, 0) is 4.84 Å². The Labute approximate surface area is 93.6 Å². The highest BCUT2D eigenvalue weighted by atomic mass is 35.5. The van der Waals surface area contributed by atoms with E-state index in [2.05, 4.69) is 11.7 Å². The highest BCUT2D eigenvalue weighted by Gasteiger charge is 1.98. The Balaban J connectivity index is 2.63. The lowest BCUT2D eigenvalue weighted by Crippen LogP contribution is -1.89. The molecule has 0 heterocycles. The van der Waals surface area contributed by atoms with Gasteiger partial charge in [0.1, 0.15) is 12.4 Å². The Morgan fingerprint density at radius 2 is 2.40 bits per heavy atom. The van der Waals surface area contributed by atoms with Gasteiger partial charge < -0.3 is 9.94 Å². The van der Waals surface area contributed by atoms with E-state index in [1.54, 1.807) is 12.1 Å². The van der Waals surface area contributed by atoms with Gasteiger partial charge in [0.15, 0.2) is 0 Å². The first-order valence-corrected chi connectivity index (χ1v) is 4.75. The molecule has 0 atom stereocenters. The van der Waals surface area contributed by atoms with Gasteiger partial charge >= 0.3 is 0 Å². The Hall–Kier alpha value is -1.48. The van der Waals surface area contributed by atoms with Crippen molar-refractivity contribution in [1.82, 2.24) is 0 Å². The molecule has 0 fully saturated rings. The van der Waals surface area contributed by atoms with Crippen molar-refractivity contribution in [2.45, 2.75) is 6.92 Å². The van der Waals surface area contributed by atoms with Crippen LogP contribution in [0.15, 0.2) is 35.5 Å². The molecule has 1 N–H and O–H groups in total. The molecule has 0 saturated heterocycles. The molecule has 4 heteroatoms. The molecule has 0 aliphatic rings. The summed E-state index contributed by atoms with van der Waals surface area (Å²) in [5.74, 6) is 0.113. The maximum absolute atomic E-state index is 9.42. The molecule has 80 valence electrons. The van der Waals surface area contributed by atoms with Gasteiger partial charge in [-0.1, -0.05) is 23.3 Å². The van der Waals surface area contributed by atoms with Crippen molar-refractivity contribution in [3.05, 3.63) is 40.9 Å². The molecule has 3 nitrogen and oxygen atoms in total. The minimum Gasteiger partial charge on any atom is -0.507 e. The molecule has 0 aliphatic heterocycles. The van der Waals surface area contributed by atoms with Crippen LogP contribution in [0, 0.1) is 0 Å². The van der Waals surface area contributed by atoms with Crippen molar-refractivity contribution in [3.8, 4) is 5.75 Å². The monoisotopic (exact) mass is 225 g/mol. The number of phenolic OH excluding ortho intramolecular Hbond substituents is 1. The molecule has 0 unspecified atom stereocenters. The molecule has 0 radical (unpaired) electrons. The van der Waals surface area contributed by atoms with Gasteiger partial charge in [0.2, 0.25) is 0 Å². The van der Waals surface area contributed by atoms with Crippen molar-refractivity contribution in [2.24, 2.45) is 5.16 Å². The minimum absolute atomic E-state index is 0.113. The second kappa shape index (κ2) is 5.41. The number of halogens is 1. The van der Waals surface area contributed by atoms with Gasteiger partial charge in [-0.25, -0.2) is 0 Å². The van der Waals surface area contributed by atoms with Crippen LogP contribution >= 0.6 is 11.6 Å². The molecule has 0 bridgehead atoms. The normalized spacial score (nSPS) is 10.5. The highest BCUT2D eigenvalue weighted by molar-refractivity contribution is 6.30. The van der Waals surface area contributed by atoms with Gasteiger partial charge in [0.05, 0.1) is 6.21 Å². The van der Waals surface area contributed by atoms with Crippen molar-refractivity contribution in [3.63, 3.8) is 0 Å². The lowest BCUT2D eigenvalue weighted by atomic mass is 10.2. The Bertz CT molecular complexity index is 388. The highest BCUT2D eigenvalue weighted by Crippen LogP contribution is 2.19. The number of rotatable bonds is 4. The Morgan fingerprint density at radius 3 is 3.07 bits per heavy atom. The van der Waals surface area contributed by atoms with Crippen molar-refractivity contribution in [2.75, 3.05) is 6.61 Å². The van der Waals surface area contributed by atoms with Gasteiger partial charge in [-0.15, -0.1) is 0 Å². The number of nitrogens with zero attached hydrogens (tertiary/aromatic N) is 1.